The second-order valence-corrected chi connectivity index (χ2v) is 0. The van der Waals surface area contributed by atoms with Gasteiger partial charge in [0.15, 0.2) is 0 Å². The molecule has 4 heteroatoms. The molecular formula is H5LiO2S. The molecule has 0 heterocycles. The van der Waals surface area contributed by atoms with Crippen LogP contribution in [0.1, 0.15) is 0 Å². The van der Waals surface area contributed by atoms with Gasteiger partial charge in [0.25, 0.3) is 0 Å². The average Bonchev–Trinajstić information content (AvgIpc) is 0. The van der Waals surface area contributed by atoms with E-state index in [4.69, 9.17) is 0 Å². The van der Waals surface area contributed by atoms with E-state index in [0.717, 1.165) is 0 Å². The fourth-order valence-electron chi connectivity index (χ4n) is 0. The van der Waals surface area contributed by atoms with Gasteiger partial charge in [-0.25, -0.2) is 0 Å². The molecule has 0 aliphatic rings. The van der Waals surface area contributed by atoms with E-state index >= 15 is 0 Å². The molecule has 0 aromatic rings. The van der Waals surface area contributed by atoms with Crippen molar-refractivity contribution >= 4 is 13.5 Å². The Kier molecular flexibility index (Phi) is 1020. The summed E-state index contributed by atoms with van der Waals surface area (Å²) in [5.74, 6) is 0. The van der Waals surface area contributed by atoms with Crippen LogP contribution >= 0.6 is 0 Å². The van der Waals surface area contributed by atoms with Gasteiger partial charge in [0.05, 0.1) is 0 Å². The van der Waals surface area contributed by atoms with Gasteiger partial charge in [-0.2, -0.15) is 0 Å². The summed E-state index contributed by atoms with van der Waals surface area (Å²) in [7, 11) is 0. The topological polar surface area (TPSA) is 63.0 Å². The maximum Gasteiger partial charge on any atom is 1.00 e. The zero-order chi connectivity index (χ0) is 0. The van der Waals surface area contributed by atoms with E-state index in [2.05, 4.69) is 0 Å². The molecule has 0 saturated heterocycles. The fourth-order valence-corrected chi connectivity index (χ4v) is 0. The molecule has 0 aromatic carbocycles. The van der Waals surface area contributed by atoms with Crippen LogP contribution in [-0.2, 0) is 13.5 Å². The molecule has 0 unspecified atom stereocenters. The first-order chi connectivity index (χ1) is 0. The van der Waals surface area contributed by atoms with Crippen molar-refractivity contribution in [3.05, 3.63) is 0 Å². The molecule has 0 fully saturated rings. The van der Waals surface area contributed by atoms with E-state index in [-0.39, 0.29) is 43.3 Å². The first kappa shape index (κ1) is 96.8. The van der Waals surface area contributed by atoms with E-state index in [9.17, 15) is 0 Å². The number of hydrogen-bond donors (Lipinski definition) is 0. The van der Waals surface area contributed by atoms with E-state index in [1.54, 1.807) is 0 Å². The Bertz CT molecular complexity index is 6.00. The van der Waals surface area contributed by atoms with Crippen LogP contribution in [0.4, 0.5) is 0 Å². The molecule has 0 rings (SSSR count). The monoisotopic (exact) mass is 76.0 g/mol. The third kappa shape index (κ3) is 13.3. The van der Waals surface area contributed by atoms with Gasteiger partial charge in [-0.15, -0.1) is 0 Å². The summed E-state index contributed by atoms with van der Waals surface area (Å²) in [6, 6.07) is 0. The average molecular weight is 76.0 g/mol. The van der Waals surface area contributed by atoms with Crippen molar-refractivity contribution in [3.63, 3.8) is 0 Å². The Hall–Kier alpha value is 0.867. The van der Waals surface area contributed by atoms with Gasteiger partial charge >= 0.3 is 18.9 Å². The van der Waals surface area contributed by atoms with Gasteiger partial charge in [-0.3, -0.25) is 0 Å². The van der Waals surface area contributed by atoms with Crippen LogP contribution in [0.2, 0.25) is 0 Å². The van der Waals surface area contributed by atoms with Crippen molar-refractivity contribution in [2.45, 2.75) is 0 Å². The van der Waals surface area contributed by atoms with E-state index in [1.807, 2.05) is 0 Å². The number of hydrogen-bond acceptors (Lipinski definition) is 1. The summed E-state index contributed by atoms with van der Waals surface area (Å²) >= 11 is 0. The van der Waals surface area contributed by atoms with Gasteiger partial charge < -0.3 is 24.4 Å². The van der Waals surface area contributed by atoms with Gasteiger partial charge in [0.1, 0.15) is 0 Å². The summed E-state index contributed by atoms with van der Waals surface area (Å²) in [5.41, 5.74) is 0. The minimum atomic E-state index is 0. The summed E-state index contributed by atoms with van der Waals surface area (Å²) in [5, 5.41) is 0. The van der Waals surface area contributed by atoms with Crippen molar-refractivity contribution in [1.29, 1.82) is 0 Å². The van der Waals surface area contributed by atoms with Gasteiger partial charge in [-0.05, 0) is 0 Å². The molecule has 0 radical (unpaired) electrons. The Balaban J connectivity index is 0. The molecule has 0 aliphatic heterocycles. The zero-order valence-electron chi connectivity index (χ0n) is 2.45. The van der Waals surface area contributed by atoms with Crippen molar-refractivity contribution < 1.29 is 29.8 Å². The van der Waals surface area contributed by atoms with Gasteiger partial charge in [0, 0.05) is 0 Å². The number of thiol groups is 1. The molecule has 0 atom stereocenters. The first-order valence-electron chi connectivity index (χ1n) is 0. The van der Waals surface area contributed by atoms with E-state index in [0.29, 0.717) is 0 Å². The molecule has 0 spiro atoms. The Morgan fingerprint density at radius 1 is 0.750 bits per heavy atom. The molecule has 4 N–H and O–H groups in total. The molecule has 0 aromatic heterocycles. The van der Waals surface area contributed by atoms with Crippen LogP contribution in [0.25, 0.3) is 0 Å². The summed E-state index contributed by atoms with van der Waals surface area (Å²) in [6.45, 7) is 0. The van der Waals surface area contributed by atoms with Crippen LogP contribution in [-0.4, -0.2) is 11.0 Å². The molecule has 24 valence electrons. The van der Waals surface area contributed by atoms with Crippen molar-refractivity contribution in [3.8, 4) is 0 Å². The Morgan fingerprint density at radius 3 is 0.750 bits per heavy atom. The van der Waals surface area contributed by atoms with Crippen LogP contribution in [0, 0.1) is 0 Å². The van der Waals surface area contributed by atoms with Crippen molar-refractivity contribution in [1.82, 2.24) is 0 Å². The maximum absolute atomic E-state index is 0. The minimum absolute atomic E-state index is 0. The third-order valence-electron chi connectivity index (χ3n) is 0. The van der Waals surface area contributed by atoms with E-state index in [1.165, 1.54) is 0 Å². The van der Waals surface area contributed by atoms with Crippen molar-refractivity contribution in [2.75, 3.05) is 0 Å². The molecule has 0 amide bonds. The predicted molar refractivity (Wildman–Crippen MR) is 16.0 cm³/mol. The summed E-state index contributed by atoms with van der Waals surface area (Å²) in [4.78, 5) is 0. The van der Waals surface area contributed by atoms with Gasteiger partial charge in [-0.1, -0.05) is 0 Å². The second-order valence-electron chi connectivity index (χ2n) is 0. The van der Waals surface area contributed by atoms with Crippen LogP contribution in [0.15, 0.2) is 0 Å². The molecule has 4 heavy (non-hydrogen) atoms. The molecule has 0 bridgehead atoms. The maximum atomic E-state index is 0. The van der Waals surface area contributed by atoms with Crippen molar-refractivity contribution in [2.24, 2.45) is 0 Å². The molecule has 2 nitrogen and oxygen atoms in total. The molecular weight excluding hydrogens is 71.0 g/mol. The standard InChI is InChI=1S/Li.2H2O.H2S/h;3*1H2/q+1;;;/p-1. The second kappa shape index (κ2) is 42.3. The SMILES string of the molecule is O.O.[Li+].[SH-]. The molecule has 0 aliphatic carbocycles. The van der Waals surface area contributed by atoms with Gasteiger partial charge in [0.2, 0.25) is 0 Å². The largest absolute Gasteiger partial charge is 1.00 e. The van der Waals surface area contributed by atoms with Crippen LogP contribution in [0.3, 0.4) is 0 Å². The Labute approximate surface area is 43.8 Å². The predicted octanol–water partition coefficient (Wildman–Crippen LogP) is -4.92. The molecule has 0 saturated carbocycles. The third-order valence-corrected chi connectivity index (χ3v) is 0. The minimum Gasteiger partial charge on any atom is -0.813 e. The summed E-state index contributed by atoms with van der Waals surface area (Å²) < 4.78 is 0. The summed E-state index contributed by atoms with van der Waals surface area (Å²) in [6.07, 6.45) is 0. The first-order valence-corrected chi connectivity index (χ1v) is 0. The quantitative estimate of drug-likeness (QED) is 0.162. The Morgan fingerprint density at radius 2 is 0.750 bits per heavy atom. The smallest absolute Gasteiger partial charge is 0.813 e. The van der Waals surface area contributed by atoms with E-state index < -0.39 is 0 Å². The number of rotatable bonds is 0. The normalized spacial score (nSPS) is 0. The van der Waals surface area contributed by atoms with Crippen LogP contribution < -0.4 is 18.9 Å². The fraction of sp³-hybridized carbons (Fsp3) is 0. The zero-order valence-corrected chi connectivity index (χ0v) is 3.34. The van der Waals surface area contributed by atoms with Crippen LogP contribution in [0.5, 0.6) is 0 Å².